The summed E-state index contributed by atoms with van der Waals surface area (Å²) in [7, 11) is 1.42. The molecule has 1 aromatic rings. The van der Waals surface area contributed by atoms with Gasteiger partial charge in [0.05, 0.1) is 7.11 Å². The van der Waals surface area contributed by atoms with Gasteiger partial charge >= 0.3 is 5.97 Å². The van der Waals surface area contributed by atoms with Gasteiger partial charge in [0.2, 0.25) is 0 Å². The van der Waals surface area contributed by atoms with Crippen molar-refractivity contribution in [2.24, 2.45) is 5.73 Å². The number of aryl methyl sites for hydroxylation is 1. The Kier molecular flexibility index (Phi) is 5.70. The molecular formula is C14H21NO2. The van der Waals surface area contributed by atoms with E-state index in [1.54, 1.807) is 0 Å². The molecule has 0 aliphatic rings. The first kappa shape index (κ1) is 13.7. The van der Waals surface area contributed by atoms with Crippen LogP contribution in [0.3, 0.4) is 0 Å². The van der Waals surface area contributed by atoms with Crippen molar-refractivity contribution in [2.75, 3.05) is 7.11 Å². The van der Waals surface area contributed by atoms with Crippen LogP contribution in [0.2, 0.25) is 0 Å². The van der Waals surface area contributed by atoms with Crippen molar-refractivity contribution in [1.82, 2.24) is 0 Å². The Balaban J connectivity index is 2.43. The average Bonchev–Trinajstić information content (AvgIpc) is 2.38. The SMILES string of the molecule is CCC(N)c1ccc(CCCC(=O)OC)cc1. The minimum Gasteiger partial charge on any atom is -0.469 e. The van der Waals surface area contributed by atoms with Crippen molar-refractivity contribution >= 4 is 5.97 Å². The molecule has 1 atom stereocenters. The normalized spacial score (nSPS) is 12.2. The lowest BCUT2D eigenvalue weighted by Gasteiger charge is -2.09. The monoisotopic (exact) mass is 235 g/mol. The highest BCUT2D eigenvalue weighted by Crippen LogP contribution is 2.15. The molecule has 17 heavy (non-hydrogen) atoms. The third kappa shape index (κ3) is 4.57. The molecule has 0 aliphatic heterocycles. The highest BCUT2D eigenvalue weighted by molar-refractivity contribution is 5.69. The van der Waals surface area contributed by atoms with Gasteiger partial charge in [-0.3, -0.25) is 4.79 Å². The van der Waals surface area contributed by atoms with Gasteiger partial charge in [0.1, 0.15) is 0 Å². The van der Waals surface area contributed by atoms with Gasteiger partial charge in [-0.15, -0.1) is 0 Å². The van der Waals surface area contributed by atoms with Crippen LogP contribution < -0.4 is 5.73 Å². The number of nitrogens with two attached hydrogens (primary N) is 1. The van der Waals surface area contributed by atoms with Crippen LogP contribution in [0, 0.1) is 0 Å². The van der Waals surface area contributed by atoms with Crippen LogP contribution in [0.15, 0.2) is 24.3 Å². The minimum absolute atomic E-state index is 0.124. The maximum absolute atomic E-state index is 10.9. The maximum atomic E-state index is 10.9. The molecule has 0 heterocycles. The second-order valence-corrected chi connectivity index (χ2v) is 4.19. The second-order valence-electron chi connectivity index (χ2n) is 4.19. The van der Waals surface area contributed by atoms with Gasteiger partial charge in [-0.2, -0.15) is 0 Å². The molecule has 0 aliphatic carbocycles. The summed E-state index contributed by atoms with van der Waals surface area (Å²) >= 11 is 0. The maximum Gasteiger partial charge on any atom is 0.305 e. The fourth-order valence-electron chi connectivity index (χ4n) is 1.71. The Labute approximate surface area is 103 Å². The zero-order valence-corrected chi connectivity index (χ0v) is 10.6. The third-order valence-corrected chi connectivity index (χ3v) is 2.92. The molecule has 0 spiro atoms. The van der Waals surface area contributed by atoms with E-state index in [4.69, 9.17) is 5.73 Å². The number of esters is 1. The summed E-state index contributed by atoms with van der Waals surface area (Å²) in [5.41, 5.74) is 8.35. The lowest BCUT2D eigenvalue weighted by molar-refractivity contribution is -0.140. The molecule has 0 saturated carbocycles. The van der Waals surface area contributed by atoms with Crippen LogP contribution in [-0.2, 0) is 16.0 Å². The van der Waals surface area contributed by atoms with E-state index in [0.717, 1.165) is 19.3 Å². The summed E-state index contributed by atoms with van der Waals surface area (Å²) in [4.78, 5) is 10.9. The van der Waals surface area contributed by atoms with Crippen LogP contribution >= 0.6 is 0 Å². The standard InChI is InChI=1S/C14H21NO2/c1-3-13(15)12-9-7-11(8-10-12)5-4-6-14(16)17-2/h7-10,13H,3-6,15H2,1-2H3. The van der Waals surface area contributed by atoms with E-state index >= 15 is 0 Å². The predicted molar refractivity (Wildman–Crippen MR) is 68.6 cm³/mol. The van der Waals surface area contributed by atoms with Crippen molar-refractivity contribution in [1.29, 1.82) is 0 Å². The molecule has 0 aromatic heterocycles. The molecule has 0 radical (unpaired) electrons. The molecule has 2 N–H and O–H groups in total. The molecule has 0 amide bonds. The molecule has 1 rings (SSSR count). The fraction of sp³-hybridized carbons (Fsp3) is 0.500. The van der Waals surface area contributed by atoms with Crippen LogP contribution in [0.5, 0.6) is 0 Å². The number of ether oxygens (including phenoxy) is 1. The summed E-state index contributed by atoms with van der Waals surface area (Å²) < 4.78 is 4.60. The number of methoxy groups -OCH3 is 1. The van der Waals surface area contributed by atoms with Gasteiger partial charge in [-0.1, -0.05) is 31.2 Å². The summed E-state index contributed by atoms with van der Waals surface area (Å²) in [6.07, 6.45) is 3.15. The lowest BCUT2D eigenvalue weighted by atomic mass is 10.0. The van der Waals surface area contributed by atoms with Gasteiger partial charge in [-0.05, 0) is 30.4 Å². The van der Waals surface area contributed by atoms with Crippen LogP contribution in [-0.4, -0.2) is 13.1 Å². The average molecular weight is 235 g/mol. The molecular weight excluding hydrogens is 214 g/mol. The van der Waals surface area contributed by atoms with Gasteiger partial charge in [-0.25, -0.2) is 0 Å². The van der Waals surface area contributed by atoms with Gasteiger partial charge in [0.15, 0.2) is 0 Å². The number of carbonyl (C=O) groups excluding carboxylic acids is 1. The Morgan fingerprint density at radius 2 is 2.00 bits per heavy atom. The highest BCUT2D eigenvalue weighted by Gasteiger charge is 2.03. The fourth-order valence-corrected chi connectivity index (χ4v) is 1.71. The van der Waals surface area contributed by atoms with E-state index in [-0.39, 0.29) is 12.0 Å². The van der Waals surface area contributed by atoms with Crippen molar-refractivity contribution in [3.8, 4) is 0 Å². The van der Waals surface area contributed by atoms with E-state index < -0.39 is 0 Å². The number of benzene rings is 1. The topological polar surface area (TPSA) is 52.3 Å². The molecule has 0 fully saturated rings. The first-order valence-corrected chi connectivity index (χ1v) is 6.08. The summed E-state index contributed by atoms with van der Waals surface area (Å²) in [6.45, 7) is 2.08. The minimum atomic E-state index is -0.144. The van der Waals surface area contributed by atoms with Crippen molar-refractivity contribution in [3.63, 3.8) is 0 Å². The Hall–Kier alpha value is -1.35. The van der Waals surface area contributed by atoms with E-state index in [1.807, 2.05) is 0 Å². The smallest absolute Gasteiger partial charge is 0.305 e. The van der Waals surface area contributed by atoms with E-state index in [9.17, 15) is 4.79 Å². The number of rotatable bonds is 6. The molecule has 3 nitrogen and oxygen atoms in total. The molecule has 1 aromatic carbocycles. The summed E-state index contributed by atoms with van der Waals surface area (Å²) in [5, 5.41) is 0. The predicted octanol–water partition coefficient (Wildman–Crippen LogP) is 2.59. The Bertz CT molecular complexity index is 346. The van der Waals surface area contributed by atoms with E-state index in [2.05, 4.69) is 35.9 Å². The molecule has 94 valence electrons. The van der Waals surface area contributed by atoms with Gasteiger partial charge in [0, 0.05) is 12.5 Å². The van der Waals surface area contributed by atoms with E-state index in [1.165, 1.54) is 18.2 Å². The zero-order chi connectivity index (χ0) is 12.7. The lowest BCUT2D eigenvalue weighted by Crippen LogP contribution is -2.08. The second kappa shape index (κ2) is 7.07. The van der Waals surface area contributed by atoms with Crippen molar-refractivity contribution in [2.45, 2.75) is 38.6 Å². The number of hydrogen-bond donors (Lipinski definition) is 1. The number of carbonyl (C=O) groups is 1. The summed E-state index contributed by atoms with van der Waals surface area (Å²) in [6, 6.07) is 8.44. The molecule has 0 bridgehead atoms. The quantitative estimate of drug-likeness (QED) is 0.771. The van der Waals surface area contributed by atoms with Gasteiger partial charge in [0.25, 0.3) is 0 Å². The van der Waals surface area contributed by atoms with Crippen molar-refractivity contribution in [3.05, 3.63) is 35.4 Å². The first-order valence-electron chi connectivity index (χ1n) is 6.08. The van der Waals surface area contributed by atoms with Crippen LogP contribution in [0.1, 0.15) is 43.4 Å². The largest absolute Gasteiger partial charge is 0.469 e. The Morgan fingerprint density at radius 1 is 1.35 bits per heavy atom. The first-order chi connectivity index (χ1) is 8.17. The third-order valence-electron chi connectivity index (χ3n) is 2.92. The highest BCUT2D eigenvalue weighted by atomic mass is 16.5. The molecule has 0 saturated heterocycles. The van der Waals surface area contributed by atoms with Crippen molar-refractivity contribution < 1.29 is 9.53 Å². The number of hydrogen-bond acceptors (Lipinski definition) is 3. The Morgan fingerprint density at radius 3 is 2.53 bits per heavy atom. The molecule has 1 unspecified atom stereocenters. The molecule has 3 heteroatoms. The van der Waals surface area contributed by atoms with Crippen LogP contribution in [0.4, 0.5) is 0 Å². The zero-order valence-electron chi connectivity index (χ0n) is 10.6. The summed E-state index contributed by atoms with van der Waals surface area (Å²) in [5.74, 6) is -0.144. The van der Waals surface area contributed by atoms with Gasteiger partial charge < -0.3 is 10.5 Å². The van der Waals surface area contributed by atoms with E-state index in [0.29, 0.717) is 6.42 Å². The van der Waals surface area contributed by atoms with Crippen LogP contribution in [0.25, 0.3) is 0 Å².